The molecule has 0 spiro atoms. The Morgan fingerprint density at radius 3 is 2.44 bits per heavy atom. The molecule has 0 saturated carbocycles. The van der Waals surface area contributed by atoms with Crippen molar-refractivity contribution in [2.24, 2.45) is 0 Å². The van der Waals surface area contributed by atoms with Gasteiger partial charge in [0.1, 0.15) is 0 Å². The molecule has 1 aliphatic rings. The van der Waals surface area contributed by atoms with E-state index in [9.17, 15) is 0 Å². The molecule has 0 nitrogen and oxygen atoms in total. The zero-order valence-corrected chi connectivity index (χ0v) is 11.4. The van der Waals surface area contributed by atoms with Crippen molar-refractivity contribution in [1.29, 1.82) is 0 Å². The molecule has 2 unspecified atom stereocenters. The molecule has 0 heterocycles. The minimum absolute atomic E-state index is 0.215. The van der Waals surface area contributed by atoms with Crippen molar-refractivity contribution in [2.45, 2.75) is 57.2 Å². The highest BCUT2D eigenvalue weighted by atomic mass is 35.5. The third-order valence-corrected chi connectivity index (χ3v) is 4.13. The van der Waals surface area contributed by atoms with Crippen LogP contribution in [-0.4, -0.2) is 0 Å². The number of benzene rings is 1. The van der Waals surface area contributed by atoms with Gasteiger partial charge in [-0.05, 0) is 40.9 Å². The van der Waals surface area contributed by atoms with Crippen LogP contribution < -0.4 is 0 Å². The van der Waals surface area contributed by atoms with Gasteiger partial charge in [0.15, 0.2) is 0 Å². The van der Waals surface area contributed by atoms with Crippen LogP contribution in [0.1, 0.15) is 68.5 Å². The van der Waals surface area contributed by atoms with Crippen molar-refractivity contribution >= 4 is 11.6 Å². The zero-order valence-electron chi connectivity index (χ0n) is 10.7. The van der Waals surface area contributed by atoms with Gasteiger partial charge in [0, 0.05) is 0 Å². The molecule has 1 aliphatic carbocycles. The van der Waals surface area contributed by atoms with E-state index < -0.39 is 0 Å². The van der Waals surface area contributed by atoms with Crippen LogP contribution in [0.2, 0.25) is 0 Å². The average molecular weight is 237 g/mol. The summed E-state index contributed by atoms with van der Waals surface area (Å²) in [6.07, 6.45) is 2.33. The van der Waals surface area contributed by atoms with Crippen LogP contribution >= 0.6 is 11.6 Å². The summed E-state index contributed by atoms with van der Waals surface area (Å²) in [4.78, 5) is 0. The lowest BCUT2D eigenvalue weighted by molar-refractivity contribution is 0.564. The second-order valence-corrected chi connectivity index (χ2v) is 6.57. The lowest BCUT2D eigenvalue weighted by Crippen LogP contribution is -2.15. The summed E-state index contributed by atoms with van der Waals surface area (Å²) < 4.78 is 0. The SMILES string of the molecule is CC1CCC(Cl)c2cc(C(C)(C)C)ccc21. The van der Waals surface area contributed by atoms with Crippen molar-refractivity contribution in [3.05, 3.63) is 34.9 Å². The molecule has 0 N–H and O–H groups in total. The number of halogens is 1. The molecule has 0 saturated heterocycles. The second kappa shape index (κ2) is 4.07. The predicted molar refractivity (Wildman–Crippen MR) is 71.4 cm³/mol. The zero-order chi connectivity index (χ0) is 11.9. The minimum Gasteiger partial charge on any atom is -0.118 e. The summed E-state index contributed by atoms with van der Waals surface area (Å²) in [5.41, 5.74) is 4.44. The fourth-order valence-corrected chi connectivity index (χ4v) is 2.78. The number of rotatable bonds is 0. The summed E-state index contributed by atoms with van der Waals surface area (Å²) in [5, 5.41) is 0.216. The van der Waals surface area contributed by atoms with Crippen molar-refractivity contribution in [3.63, 3.8) is 0 Å². The maximum absolute atomic E-state index is 6.43. The van der Waals surface area contributed by atoms with Gasteiger partial charge in [-0.2, -0.15) is 0 Å². The largest absolute Gasteiger partial charge is 0.118 e. The molecule has 1 aromatic rings. The average Bonchev–Trinajstić information content (AvgIpc) is 2.22. The Labute approximate surface area is 104 Å². The smallest absolute Gasteiger partial charge is 0.0588 e. The van der Waals surface area contributed by atoms with Crippen molar-refractivity contribution < 1.29 is 0 Å². The van der Waals surface area contributed by atoms with E-state index in [-0.39, 0.29) is 10.8 Å². The van der Waals surface area contributed by atoms with Crippen molar-refractivity contribution in [2.75, 3.05) is 0 Å². The van der Waals surface area contributed by atoms with Gasteiger partial charge in [-0.15, -0.1) is 11.6 Å². The number of hydrogen-bond acceptors (Lipinski definition) is 0. The topological polar surface area (TPSA) is 0 Å². The predicted octanol–water partition coefficient (Wildman–Crippen LogP) is 5.16. The number of alkyl halides is 1. The molecule has 1 aromatic carbocycles. The molecule has 2 atom stereocenters. The fourth-order valence-electron chi connectivity index (χ4n) is 2.47. The van der Waals surface area contributed by atoms with Crippen molar-refractivity contribution in [1.82, 2.24) is 0 Å². The maximum Gasteiger partial charge on any atom is 0.0588 e. The third kappa shape index (κ3) is 2.13. The maximum atomic E-state index is 6.43. The molecule has 0 bridgehead atoms. The summed E-state index contributed by atoms with van der Waals surface area (Å²) >= 11 is 6.43. The summed E-state index contributed by atoms with van der Waals surface area (Å²) in [6.45, 7) is 9.07. The van der Waals surface area contributed by atoms with Gasteiger partial charge in [-0.3, -0.25) is 0 Å². The Morgan fingerprint density at radius 2 is 1.81 bits per heavy atom. The first-order valence-electron chi connectivity index (χ1n) is 6.18. The first-order valence-corrected chi connectivity index (χ1v) is 6.61. The number of hydrogen-bond donors (Lipinski definition) is 0. The summed E-state index contributed by atoms with van der Waals surface area (Å²) in [7, 11) is 0. The van der Waals surface area contributed by atoms with Crippen LogP contribution in [0.5, 0.6) is 0 Å². The Balaban J connectivity index is 2.48. The van der Waals surface area contributed by atoms with Crippen LogP contribution in [-0.2, 0) is 5.41 Å². The molecule has 1 heteroatoms. The highest BCUT2D eigenvalue weighted by Crippen LogP contribution is 2.42. The Morgan fingerprint density at radius 1 is 1.12 bits per heavy atom. The standard InChI is InChI=1S/C15H21Cl/c1-10-5-8-14(16)13-9-11(15(2,3)4)6-7-12(10)13/h6-7,9-10,14H,5,8H2,1-4H3. The van der Waals surface area contributed by atoms with Crippen molar-refractivity contribution in [3.8, 4) is 0 Å². The molecule has 0 aliphatic heterocycles. The van der Waals surface area contributed by atoms with Gasteiger partial charge in [0.2, 0.25) is 0 Å². The molecule has 0 radical (unpaired) electrons. The van der Waals surface area contributed by atoms with Crippen LogP contribution in [0, 0.1) is 0 Å². The summed E-state index contributed by atoms with van der Waals surface area (Å²) in [6, 6.07) is 6.88. The van der Waals surface area contributed by atoms with E-state index >= 15 is 0 Å². The van der Waals surface area contributed by atoms with Gasteiger partial charge in [-0.1, -0.05) is 45.9 Å². The first-order chi connectivity index (χ1) is 7.39. The monoisotopic (exact) mass is 236 g/mol. The Hall–Kier alpha value is -0.490. The van der Waals surface area contributed by atoms with Crippen LogP contribution in [0.15, 0.2) is 18.2 Å². The van der Waals surface area contributed by atoms with Gasteiger partial charge >= 0.3 is 0 Å². The Kier molecular flexibility index (Phi) is 3.05. The minimum atomic E-state index is 0.215. The van der Waals surface area contributed by atoms with Gasteiger partial charge in [0.05, 0.1) is 5.38 Å². The van der Waals surface area contributed by atoms with E-state index in [1.165, 1.54) is 23.1 Å². The van der Waals surface area contributed by atoms with E-state index in [2.05, 4.69) is 45.9 Å². The van der Waals surface area contributed by atoms with Crippen LogP contribution in [0.3, 0.4) is 0 Å². The molecule has 0 amide bonds. The van der Waals surface area contributed by atoms with Gasteiger partial charge in [-0.25, -0.2) is 0 Å². The molecule has 16 heavy (non-hydrogen) atoms. The third-order valence-electron chi connectivity index (χ3n) is 3.67. The van der Waals surface area contributed by atoms with E-state index in [0.717, 1.165) is 6.42 Å². The highest BCUT2D eigenvalue weighted by Gasteiger charge is 2.25. The molecule has 88 valence electrons. The highest BCUT2D eigenvalue weighted by molar-refractivity contribution is 6.21. The van der Waals surface area contributed by atoms with Gasteiger partial charge in [0.25, 0.3) is 0 Å². The van der Waals surface area contributed by atoms with E-state index in [1.807, 2.05) is 0 Å². The lowest BCUT2D eigenvalue weighted by atomic mass is 9.79. The van der Waals surface area contributed by atoms with Crippen LogP contribution in [0.25, 0.3) is 0 Å². The molecule has 2 rings (SSSR count). The van der Waals surface area contributed by atoms with Gasteiger partial charge < -0.3 is 0 Å². The van der Waals surface area contributed by atoms with E-state index in [1.54, 1.807) is 0 Å². The molecular formula is C15H21Cl. The molecular weight excluding hydrogens is 216 g/mol. The first kappa shape index (κ1) is 12.0. The molecule has 0 aromatic heterocycles. The summed E-state index contributed by atoms with van der Waals surface area (Å²) in [5.74, 6) is 0.666. The second-order valence-electron chi connectivity index (χ2n) is 6.04. The quantitative estimate of drug-likeness (QED) is 0.546. The van der Waals surface area contributed by atoms with Crippen LogP contribution in [0.4, 0.5) is 0 Å². The Bertz CT molecular complexity index is 387. The molecule has 0 fully saturated rings. The normalized spacial score (nSPS) is 25.3. The van der Waals surface area contributed by atoms with E-state index in [0.29, 0.717) is 5.92 Å². The fraction of sp³-hybridized carbons (Fsp3) is 0.600. The number of fused-ring (bicyclic) bond motifs is 1. The van der Waals surface area contributed by atoms with E-state index in [4.69, 9.17) is 11.6 Å². The lowest BCUT2D eigenvalue weighted by Gasteiger charge is -2.29.